The number of hydrogen-bond acceptors (Lipinski definition) is 5. The van der Waals surface area contributed by atoms with Gasteiger partial charge in [0.2, 0.25) is 0 Å². The van der Waals surface area contributed by atoms with Gasteiger partial charge in [-0.15, -0.1) is 0 Å². The van der Waals surface area contributed by atoms with Gasteiger partial charge in [-0.1, -0.05) is 29.8 Å². The van der Waals surface area contributed by atoms with Gasteiger partial charge < -0.3 is 4.74 Å². The lowest BCUT2D eigenvalue weighted by molar-refractivity contribution is 0.417. The molecule has 0 aliphatic carbocycles. The molecule has 3 rings (SSSR count). The van der Waals surface area contributed by atoms with Crippen molar-refractivity contribution in [2.45, 2.75) is 16.7 Å². The lowest BCUT2D eigenvalue weighted by Gasteiger charge is -2.15. The highest BCUT2D eigenvalue weighted by molar-refractivity contribution is 7.93. The van der Waals surface area contributed by atoms with Gasteiger partial charge in [0.1, 0.15) is 11.6 Å². The second-order valence-electron chi connectivity index (χ2n) is 6.47. The molecule has 0 unspecified atom stereocenters. The lowest BCUT2D eigenvalue weighted by atomic mass is 10.2. The molecule has 0 saturated heterocycles. The Labute approximate surface area is 184 Å². The minimum atomic E-state index is -4.13. The van der Waals surface area contributed by atoms with Crippen molar-refractivity contribution in [1.29, 1.82) is 0 Å². The van der Waals surface area contributed by atoms with E-state index in [0.717, 1.165) is 18.2 Å². The molecule has 0 radical (unpaired) electrons. The number of ether oxygens (including phenoxy) is 1. The van der Waals surface area contributed by atoms with E-state index in [1.165, 1.54) is 31.4 Å². The van der Waals surface area contributed by atoms with Crippen LogP contribution in [0.25, 0.3) is 0 Å². The molecule has 0 bridgehead atoms. The summed E-state index contributed by atoms with van der Waals surface area (Å²) >= 11 is 5.67. The molecular formula is C20H18ClFN2O5S2. The van der Waals surface area contributed by atoms with Crippen LogP contribution < -0.4 is 14.2 Å². The number of benzene rings is 3. The predicted molar refractivity (Wildman–Crippen MR) is 117 cm³/mol. The van der Waals surface area contributed by atoms with E-state index >= 15 is 0 Å². The summed E-state index contributed by atoms with van der Waals surface area (Å²) in [6, 6.07) is 13.5. The highest BCUT2D eigenvalue weighted by Crippen LogP contribution is 2.29. The number of para-hydroxylation sites is 2. The Morgan fingerprint density at radius 2 is 1.61 bits per heavy atom. The van der Waals surface area contributed by atoms with Crippen LogP contribution in [0.5, 0.6) is 5.75 Å². The molecule has 0 amide bonds. The molecule has 3 aromatic rings. The fourth-order valence-electron chi connectivity index (χ4n) is 2.74. The molecule has 0 aliphatic heterocycles. The van der Waals surface area contributed by atoms with Crippen LogP contribution in [0.15, 0.2) is 70.5 Å². The van der Waals surface area contributed by atoms with E-state index in [2.05, 4.69) is 9.44 Å². The van der Waals surface area contributed by atoms with Crippen molar-refractivity contribution in [2.24, 2.45) is 0 Å². The summed E-state index contributed by atoms with van der Waals surface area (Å²) in [5.41, 5.74) is 0.637. The van der Waals surface area contributed by atoms with Crippen LogP contribution in [0.1, 0.15) is 5.56 Å². The Morgan fingerprint density at radius 1 is 0.903 bits per heavy atom. The molecule has 0 aliphatic rings. The minimum Gasteiger partial charge on any atom is -0.495 e. The van der Waals surface area contributed by atoms with Gasteiger partial charge in [-0.05, 0) is 55.0 Å². The first-order valence-electron chi connectivity index (χ1n) is 8.78. The Hall–Kier alpha value is -2.82. The molecule has 7 nitrogen and oxygen atoms in total. The summed E-state index contributed by atoms with van der Waals surface area (Å²) in [6.07, 6.45) is 0. The van der Waals surface area contributed by atoms with Gasteiger partial charge >= 0.3 is 0 Å². The SMILES string of the molecule is COc1ccccc1NS(=O)(=O)c1cc(NS(=O)(=O)c2ccc(F)c(Cl)c2)ccc1C. The van der Waals surface area contributed by atoms with Gasteiger partial charge in [0.25, 0.3) is 20.0 Å². The van der Waals surface area contributed by atoms with E-state index in [1.807, 2.05) is 0 Å². The Morgan fingerprint density at radius 3 is 2.29 bits per heavy atom. The molecule has 11 heteroatoms. The van der Waals surface area contributed by atoms with Crippen LogP contribution in [0.3, 0.4) is 0 Å². The maximum atomic E-state index is 13.3. The van der Waals surface area contributed by atoms with Gasteiger partial charge in [0, 0.05) is 0 Å². The number of anilines is 2. The number of hydrogen-bond donors (Lipinski definition) is 2. The topological polar surface area (TPSA) is 102 Å². The quantitative estimate of drug-likeness (QED) is 0.517. The molecule has 2 N–H and O–H groups in total. The average molecular weight is 485 g/mol. The zero-order chi connectivity index (χ0) is 22.8. The standard InChI is InChI=1S/C20H18ClFN2O5S2/c1-13-7-8-14(23-30(25,26)15-9-10-17(22)16(21)12-15)11-20(13)31(27,28)24-18-5-3-4-6-19(18)29-2/h3-12,23-24H,1-2H3. The Kier molecular flexibility index (Phi) is 6.44. The molecule has 3 aromatic carbocycles. The predicted octanol–water partition coefficient (Wildman–Crippen LogP) is 4.40. The van der Waals surface area contributed by atoms with Crippen molar-refractivity contribution in [3.05, 3.63) is 77.1 Å². The first-order chi connectivity index (χ1) is 14.5. The fourth-order valence-corrected chi connectivity index (χ4v) is 5.40. The number of aryl methyl sites for hydroxylation is 1. The first kappa shape index (κ1) is 22.9. The van der Waals surface area contributed by atoms with Gasteiger partial charge in [-0.2, -0.15) is 0 Å². The van der Waals surface area contributed by atoms with Crippen molar-refractivity contribution >= 4 is 43.0 Å². The molecule has 164 valence electrons. The van der Waals surface area contributed by atoms with E-state index in [4.69, 9.17) is 16.3 Å². The van der Waals surface area contributed by atoms with Gasteiger partial charge in [0.05, 0.1) is 33.3 Å². The van der Waals surface area contributed by atoms with E-state index in [9.17, 15) is 21.2 Å². The summed E-state index contributed by atoms with van der Waals surface area (Å²) in [5.74, 6) is -0.430. The Bertz CT molecular complexity index is 1350. The molecule has 0 aromatic heterocycles. The Balaban J connectivity index is 1.95. The summed E-state index contributed by atoms with van der Waals surface area (Å²) in [6.45, 7) is 1.58. The molecule has 31 heavy (non-hydrogen) atoms. The maximum absolute atomic E-state index is 13.3. The highest BCUT2D eigenvalue weighted by Gasteiger charge is 2.21. The summed E-state index contributed by atoms with van der Waals surface area (Å²) in [4.78, 5) is -0.397. The maximum Gasteiger partial charge on any atom is 0.262 e. The minimum absolute atomic E-state index is 0.00597. The second kappa shape index (κ2) is 8.74. The molecule has 0 atom stereocenters. The largest absolute Gasteiger partial charge is 0.495 e. The van der Waals surface area contributed by atoms with Gasteiger partial charge in [-0.3, -0.25) is 9.44 Å². The molecule has 0 heterocycles. The van der Waals surface area contributed by atoms with E-state index in [0.29, 0.717) is 11.3 Å². The van der Waals surface area contributed by atoms with Crippen LogP contribution >= 0.6 is 11.6 Å². The molecular weight excluding hydrogens is 467 g/mol. The number of methoxy groups -OCH3 is 1. The zero-order valence-corrected chi connectivity index (χ0v) is 18.8. The van der Waals surface area contributed by atoms with Gasteiger partial charge in [-0.25, -0.2) is 21.2 Å². The number of halogens is 2. The average Bonchev–Trinajstić information content (AvgIpc) is 2.71. The van der Waals surface area contributed by atoms with Crippen molar-refractivity contribution in [3.8, 4) is 5.75 Å². The molecule has 0 spiro atoms. The van der Waals surface area contributed by atoms with Crippen LogP contribution in [-0.2, 0) is 20.0 Å². The van der Waals surface area contributed by atoms with E-state index < -0.39 is 25.9 Å². The summed E-state index contributed by atoms with van der Waals surface area (Å²) < 4.78 is 74.4. The molecule has 0 saturated carbocycles. The highest BCUT2D eigenvalue weighted by atomic mass is 35.5. The van der Waals surface area contributed by atoms with Crippen LogP contribution in [0.2, 0.25) is 5.02 Å². The third kappa shape index (κ3) is 5.09. The van der Waals surface area contributed by atoms with Crippen LogP contribution in [0, 0.1) is 12.7 Å². The van der Waals surface area contributed by atoms with Crippen molar-refractivity contribution < 1.29 is 26.0 Å². The van der Waals surface area contributed by atoms with Crippen molar-refractivity contribution in [3.63, 3.8) is 0 Å². The summed E-state index contributed by atoms with van der Waals surface area (Å²) in [5, 5.41) is -0.351. The monoisotopic (exact) mass is 484 g/mol. The summed E-state index contributed by atoms with van der Waals surface area (Å²) in [7, 11) is -6.79. The van der Waals surface area contributed by atoms with Crippen LogP contribution in [0.4, 0.5) is 15.8 Å². The second-order valence-corrected chi connectivity index (χ2v) is 10.2. The fraction of sp³-hybridized carbons (Fsp3) is 0.100. The number of nitrogens with one attached hydrogen (secondary N) is 2. The number of sulfonamides is 2. The third-order valence-corrected chi connectivity index (χ3v) is 7.46. The van der Waals surface area contributed by atoms with E-state index in [1.54, 1.807) is 25.1 Å². The normalized spacial score (nSPS) is 11.7. The van der Waals surface area contributed by atoms with Crippen molar-refractivity contribution in [2.75, 3.05) is 16.6 Å². The number of rotatable bonds is 7. The van der Waals surface area contributed by atoms with E-state index in [-0.39, 0.29) is 26.2 Å². The van der Waals surface area contributed by atoms with Crippen LogP contribution in [-0.4, -0.2) is 23.9 Å². The first-order valence-corrected chi connectivity index (χ1v) is 12.1. The smallest absolute Gasteiger partial charge is 0.262 e. The molecule has 0 fully saturated rings. The zero-order valence-electron chi connectivity index (χ0n) is 16.4. The lowest BCUT2D eigenvalue weighted by Crippen LogP contribution is -2.17. The third-order valence-electron chi connectivity index (χ3n) is 4.28. The van der Waals surface area contributed by atoms with Gasteiger partial charge in [0.15, 0.2) is 0 Å². The van der Waals surface area contributed by atoms with Crippen molar-refractivity contribution in [1.82, 2.24) is 0 Å².